The first-order chi connectivity index (χ1) is 12.1. The maximum Gasteiger partial charge on any atom is 0.161 e. The maximum atomic E-state index is 9.80. The van der Waals surface area contributed by atoms with Gasteiger partial charge in [-0.15, -0.1) is 0 Å². The Morgan fingerprint density at radius 3 is 2.16 bits per heavy atom. The second-order valence-electron chi connectivity index (χ2n) is 5.35. The number of hydrogen-bond donors (Lipinski definition) is 1. The Bertz CT molecular complexity index is 673. The van der Waals surface area contributed by atoms with Crippen molar-refractivity contribution in [3.8, 4) is 23.0 Å². The molecule has 2 unspecified atom stereocenters. The van der Waals surface area contributed by atoms with Crippen molar-refractivity contribution in [2.45, 2.75) is 12.2 Å². The summed E-state index contributed by atoms with van der Waals surface area (Å²) in [4.78, 5) is 0. The van der Waals surface area contributed by atoms with Gasteiger partial charge in [-0.1, -0.05) is 18.2 Å². The average molecular weight is 348 g/mol. The molecule has 0 heterocycles. The Balaban J connectivity index is 2.32. The normalized spacial score (nSPS) is 13.1. The van der Waals surface area contributed by atoms with Gasteiger partial charge in [0, 0.05) is 14.2 Å². The highest BCUT2D eigenvalue weighted by Crippen LogP contribution is 2.34. The van der Waals surface area contributed by atoms with E-state index >= 15 is 0 Å². The van der Waals surface area contributed by atoms with Crippen LogP contribution in [0.5, 0.6) is 23.0 Å². The minimum absolute atomic E-state index is 0.0649. The van der Waals surface area contributed by atoms with E-state index in [4.69, 9.17) is 23.7 Å². The van der Waals surface area contributed by atoms with Gasteiger partial charge in [0.25, 0.3) is 0 Å². The minimum atomic E-state index is -0.431. The third-order valence-electron chi connectivity index (χ3n) is 3.80. The fraction of sp³-hybridized carbons (Fsp3) is 0.368. The largest absolute Gasteiger partial charge is 0.504 e. The molecule has 1 N–H and O–H groups in total. The molecule has 0 radical (unpaired) electrons. The smallest absolute Gasteiger partial charge is 0.161 e. The molecule has 0 aliphatic heterocycles. The van der Waals surface area contributed by atoms with Gasteiger partial charge in [-0.3, -0.25) is 0 Å². The Hall–Kier alpha value is -2.44. The topological polar surface area (TPSA) is 66.4 Å². The Morgan fingerprint density at radius 2 is 1.56 bits per heavy atom. The lowest BCUT2D eigenvalue weighted by Crippen LogP contribution is -2.31. The molecule has 0 aliphatic rings. The predicted octanol–water partition coefficient (Wildman–Crippen LogP) is 3.19. The molecular weight excluding hydrogens is 324 g/mol. The fourth-order valence-corrected chi connectivity index (χ4v) is 2.60. The van der Waals surface area contributed by atoms with Gasteiger partial charge in [-0.25, -0.2) is 0 Å². The maximum absolute atomic E-state index is 9.80. The first-order valence-corrected chi connectivity index (χ1v) is 7.82. The molecule has 0 fully saturated rings. The van der Waals surface area contributed by atoms with Gasteiger partial charge in [0.1, 0.15) is 6.10 Å². The lowest BCUT2D eigenvalue weighted by molar-refractivity contribution is -0.0359. The van der Waals surface area contributed by atoms with Crippen molar-refractivity contribution in [1.82, 2.24) is 0 Å². The summed E-state index contributed by atoms with van der Waals surface area (Å²) < 4.78 is 27.6. The van der Waals surface area contributed by atoms with Gasteiger partial charge >= 0.3 is 0 Å². The number of rotatable bonds is 9. The van der Waals surface area contributed by atoms with Crippen LogP contribution in [0.15, 0.2) is 42.5 Å². The second kappa shape index (κ2) is 9.15. The highest BCUT2D eigenvalue weighted by atomic mass is 16.6. The van der Waals surface area contributed by atoms with E-state index in [1.54, 1.807) is 39.5 Å². The van der Waals surface area contributed by atoms with Gasteiger partial charge in [0.2, 0.25) is 0 Å². The quantitative estimate of drug-likeness (QED) is 0.751. The van der Waals surface area contributed by atoms with Crippen molar-refractivity contribution < 1.29 is 28.8 Å². The van der Waals surface area contributed by atoms with Crippen LogP contribution in [0.4, 0.5) is 0 Å². The van der Waals surface area contributed by atoms with Gasteiger partial charge in [0.15, 0.2) is 29.1 Å². The Morgan fingerprint density at radius 1 is 0.880 bits per heavy atom. The van der Waals surface area contributed by atoms with E-state index in [-0.39, 0.29) is 5.75 Å². The molecule has 2 rings (SSSR count). The molecule has 0 saturated carbocycles. The summed E-state index contributed by atoms with van der Waals surface area (Å²) >= 11 is 0. The van der Waals surface area contributed by atoms with Crippen LogP contribution in [-0.4, -0.2) is 46.3 Å². The van der Waals surface area contributed by atoms with Gasteiger partial charge in [0.05, 0.1) is 20.8 Å². The van der Waals surface area contributed by atoms with Gasteiger partial charge in [-0.2, -0.15) is 0 Å². The zero-order valence-electron chi connectivity index (χ0n) is 14.9. The van der Waals surface area contributed by atoms with Crippen LogP contribution in [0.3, 0.4) is 0 Å². The fourth-order valence-electron chi connectivity index (χ4n) is 2.60. The summed E-state index contributed by atoms with van der Waals surface area (Å²) in [6, 6.07) is 12.4. The number of phenols is 1. The van der Waals surface area contributed by atoms with Gasteiger partial charge in [-0.05, 0) is 29.8 Å². The monoisotopic (exact) mass is 348 g/mol. The van der Waals surface area contributed by atoms with Crippen molar-refractivity contribution in [2.75, 3.05) is 35.0 Å². The van der Waals surface area contributed by atoms with E-state index in [2.05, 4.69) is 0 Å². The van der Waals surface area contributed by atoms with E-state index in [9.17, 15) is 5.11 Å². The lowest BCUT2D eigenvalue weighted by atomic mass is 10.0. The number of phenolic OH excluding ortho intramolecular Hbond substituents is 1. The number of para-hydroxylation sites is 2. The summed E-state index contributed by atoms with van der Waals surface area (Å²) in [6.07, 6.45) is -0.861. The zero-order chi connectivity index (χ0) is 18.2. The van der Waals surface area contributed by atoms with Crippen LogP contribution in [0.25, 0.3) is 0 Å². The van der Waals surface area contributed by atoms with Crippen molar-refractivity contribution in [3.05, 3.63) is 48.0 Å². The lowest BCUT2D eigenvalue weighted by Gasteiger charge is -2.27. The van der Waals surface area contributed by atoms with Crippen molar-refractivity contribution in [2.24, 2.45) is 0 Å². The molecule has 2 atom stereocenters. The van der Waals surface area contributed by atoms with E-state index in [1.165, 1.54) is 7.11 Å². The van der Waals surface area contributed by atoms with Crippen LogP contribution in [0, 0.1) is 0 Å². The molecule has 0 spiro atoms. The van der Waals surface area contributed by atoms with Crippen molar-refractivity contribution in [1.29, 1.82) is 0 Å². The predicted molar refractivity (Wildman–Crippen MR) is 93.7 cm³/mol. The molecule has 6 heteroatoms. The van der Waals surface area contributed by atoms with E-state index in [1.807, 2.05) is 24.3 Å². The third-order valence-corrected chi connectivity index (χ3v) is 3.80. The average Bonchev–Trinajstić information content (AvgIpc) is 2.64. The number of benzene rings is 2. The molecule has 6 nitrogen and oxygen atoms in total. The molecule has 0 amide bonds. The molecule has 0 aromatic heterocycles. The number of methoxy groups -OCH3 is 4. The Kier molecular flexibility index (Phi) is 6.91. The molecule has 0 aliphatic carbocycles. The van der Waals surface area contributed by atoms with E-state index in [0.717, 1.165) is 5.56 Å². The molecule has 0 saturated heterocycles. The molecular formula is C19H24O6. The molecule has 2 aromatic carbocycles. The van der Waals surface area contributed by atoms with E-state index in [0.29, 0.717) is 23.9 Å². The first-order valence-electron chi connectivity index (χ1n) is 7.82. The van der Waals surface area contributed by atoms with E-state index < -0.39 is 12.2 Å². The first kappa shape index (κ1) is 18.9. The summed E-state index contributed by atoms with van der Waals surface area (Å²) in [5.74, 6) is 1.66. The molecule has 136 valence electrons. The van der Waals surface area contributed by atoms with Crippen LogP contribution in [0.1, 0.15) is 11.7 Å². The molecule has 25 heavy (non-hydrogen) atoms. The third kappa shape index (κ3) is 4.55. The molecule has 0 bridgehead atoms. The number of aromatic hydroxyl groups is 1. The number of hydrogen-bond acceptors (Lipinski definition) is 6. The number of ether oxygens (including phenoxy) is 5. The molecule has 2 aromatic rings. The van der Waals surface area contributed by atoms with Crippen LogP contribution in [-0.2, 0) is 9.47 Å². The van der Waals surface area contributed by atoms with Crippen LogP contribution >= 0.6 is 0 Å². The SMILES string of the molecule is COCC(Oc1ccccc1OC)C(OC)c1ccc(O)c(OC)c1. The Labute approximate surface area is 147 Å². The highest BCUT2D eigenvalue weighted by molar-refractivity contribution is 5.43. The zero-order valence-corrected chi connectivity index (χ0v) is 14.9. The summed E-state index contributed by atoms with van der Waals surface area (Å²) in [7, 11) is 6.28. The minimum Gasteiger partial charge on any atom is -0.504 e. The summed E-state index contributed by atoms with van der Waals surface area (Å²) in [5.41, 5.74) is 0.800. The standard InChI is InChI=1S/C19H24O6/c1-21-12-18(25-16-8-6-5-7-15(16)22-2)19(24-4)13-9-10-14(20)17(11-13)23-3/h5-11,18-20H,12H2,1-4H3. The van der Waals surface area contributed by atoms with Gasteiger partial charge < -0.3 is 28.8 Å². The summed E-state index contributed by atoms with van der Waals surface area (Å²) in [5, 5.41) is 9.80. The second-order valence-corrected chi connectivity index (χ2v) is 5.35. The summed E-state index contributed by atoms with van der Waals surface area (Å²) in [6.45, 7) is 0.305. The van der Waals surface area contributed by atoms with Crippen molar-refractivity contribution >= 4 is 0 Å². The highest BCUT2D eigenvalue weighted by Gasteiger charge is 2.27. The van der Waals surface area contributed by atoms with Crippen LogP contribution in [0.2, 0.25) is 0 Å². The van der Waals surface area contributed by atoms with Crippen LogP contribution < -0.4 is 14.2 Å². The van der Waals surface area contributed by atoms with Crippen molar-refractivity contribution in [3.63, 3.8) is 0 Å².